The number of aryl methyl sites for hydroxylation is 2. The number of para-hydroxylation sites is 1. The van der Waals surface area contributed by atoms with E-state index in [9.17, 15) is 4.79 Å². The summed E-state index contributed by atoms with van der Waals surface area (Å²) in [6.07, 6.45) is 2.02. The maximum absolute atomic E-state index is 13.2. The number of rotatable bonds is 9. The van der Waals surface area contributed by atoms with Crippen molar-refractivity contribution < 1.29 is 18.8 Å². The number of hydrogen-bond acceptors (Lipinski definition) is 5. The third-order valence-corrected chi connectivity index (χ3v) is 6.64. The molecule has 1 atom stereocenters. The predicted octanol–water partition coefficient (Wildman–Crippen LogP) is 5.92. The summed E-state index contributed by atoms with van der Waals surface area (Å²) in [4.78, 5) is 16.5. The quantitative estimate of drug-likeness (QED) is 0.265. The van der Waals surface area contributed by atoms with Crippen molar-refractivity contribution in [2.24, 2.45) is 0 Å². The Kier molecular flexibility index (Phi) is 6.94. The van der Waals surface area contributed by atoms with E-state index in [0.29, 0.717) is 24.5 Å². The number of H-pyrrole nitrogens is 1. The van der Waals surface area contributed by atoms with E-state index in [4.69, 9.17) is 14.0 Å². The molecule has 7 nitrogen and oxygen atoms in total. The number of hydrogen-bond donors (Lipinski definition) is 2. The monoisotopic (exact) mass is 495 g/mol. The minimum absolute atomic E-state index is 0.0509. The summed E-state index contributed by atoms with van der Waals surface area (Å²) in [5.41, 5.74) is 5.51. The van der Waals surface area contributed by atoms with Gasteiger partial charge in [0.1, 0.15) is 23.9 Å². The molecule has 37 heavy (non-hydrogen) atoms. The number of ether oxygens (including phenoxy) is 2. The van der Waals surface area contributed by atoms with Gasteiger partial charge in [0.15, 0.2) is 0 Å². The highest BCUT2D eigenvalue weighted by molar-refractivity contribution is 5.94. The van der Waals surface area contributed by atoms with Crippen molar-refractivity contribution in [3.63, 3.8) is 0 Å². The van der Waals surface area contributed by atoms with Crippen LogP contribution < -0.4 is 14.8 Å². The van der Waals surface area contributed by atoms with E-state index < -0.39 is 0 Å². The van der Waals surface area contributed by atoms with Gasteiger partial charge in [-0.2, -0.15) is 0 Å². The van der Waals surface area contributed by atoms with Gasteiger partial charge in [-0.15, -0.1) is 0 Å². The minimum Gasteiger partial charge on any atom is -0.497 e. The maximum Gasteiger partial charge on any atom is 0.251 e. The summed E-state index contributed by atoms with van der Waals surface area (Å²) in [6.45, 7) is 4.49. The molecule has 0 saturated heterocycles. The van der Waals surface area contributed by atoms with Crippen LogP contribution in [0.5, 0.6) is 11.5 Å². The zero-order chi connectivity index (χ0) is 25.8. The molecule has 7 heteroatoms. The number of carbonyl (C=O) groups is 1. The molecule has 2 N–H and O–H groups in total. The molecule has 0 fully saturated rings. The maximum atomic E-state index is 13.2. The summed E-state index contributed by atoms with van der Waals surface area (Å²) in [5, 5.41) is 8.22. The molecule has 0 spiro atoms. The summed E-state index contributed by atoms with van der Waals surface area (Å²) in [6, 6.07) is 23.3. The molecule has 0 saturated carbocycles. The molecule has 0 aliphatic carbocycles. The molecule has 2 aromatic heterocycles. The van der Waals surface area contributed by atoms with Gasteiger partial charge >= 0.3 is 0 Å². The highest BCUT2D eigenvalue weighted by Gasteiger charge is 2.20. The van der Waals surface area contributed by atoms with Crippen LogP contribution in [-0.2, 0) is 6.61 Å². The van der Waals surface area contributed by atoms with E-state index in [1.165, 1.54) is 0 Å². The van der Waals surface area contributed by atoms with Gasteiger partial charge < -0.3 is 24.3 Å². The van der Waals surface area contributed by atoms with Gasteiger partial charge in [0.25, 0.3) is 5.91 Å². The van der Waals surface area contributed by atoms with E-state index >= 15 is 0 Å². The molecule has 0 radical (unpaired) electrons. The van der Waals surface area contributed by atoms with Crippen molar-refractivity contribution in [2.45, 2.75) is 26.4 Å². The number of aromatic amines is 1. The van der Waals surface area contributed by atoms with Gasteiger partial charge in [-0.25, -0.2) is 0 Å². The van der Waals surface area contributed by atoms with Crippen LogP contribution in [0.1, 0.15) is 44.4 Å². The van der Waals surface area contributed by atoms with Crippen LogP contribution in [0, 0.1) is 13.8 Å². The predicted molar refractivity (Wildman–Crippen MR) is 142 cm³/mol. The lowest BCUT2D eigenvalue weighted by atomic mass is 9.90. The average molecular weight is 496 g/mol. The fourth-order valence-corrected chi connectivity index (χ4v) is 4.51. The van der Waals surface area contributed by atoms with E-state index in [1.807, 2.05) is 68.6 Å². The number of carbonyl (C=O) groups excluding carboxylic acids is 1. The van der Waals surface area contributed by atoms with E-state index in [1.54, 1.807) is 19.2 Å². The molecule has 3 aromatic carbocycles. The highest BCUT2D eigenvalue weighted by atomic mass is 16.5. The largest absolute Gasteiger partial charge is 0.497 e. The number of aromatic nitrogens is 2. The minimum atomic E-state index is -0.166. The zero-order valence-corrected chi connectivity index (χ0v) is 21.1. The van der Waals surface area contributed by atoms with Gasteiger partial charge in [0, 0.05) is 35.1 Å². The Labute approximate surface area is 215 Å². The van der Waals surface area contributed by atoms with Crippen LogP contribution in [0.25, 0.3) is 10.9 Å². The topological polar surface area (TPSA) is 89.4 Å². The van der Waals surface area contributed by atoms with Crippen molar-refractivity contribution in [1.29, 1.82) is 0 Å². The van der Waals surface area contributed by atoms with Gasteiger partial charge in [0.05, 0.1) is 18.4 Å². The smallest absolute Gasteiger partial charge is 0.251 e. The molecule has 0 bridgehead atoms. The summed E-state index contributed by atoms with van der Waals surface area (Å²) in [7, 11) is 1.65. The number of nitrogens with one attached hydrogen (secondary N) is 2. The van der Waals surface area contributed by atoms with Crippen molar-refractivity contribution >= 4 is 16.8 Å². The SMILES string of the molecule is COc1ccc(C(CNC(=O)c2cccc(OCc3c(C)noc3C)c2)c2c[nH]c3ccccc23)cc1. The molecular weight excluding hydrogens is 466 g/mol. The lowest BCUT2D eigenvalue weighted by Gasteiger charge is -2.19. The van der Waals surface area contributed by atoms with E-state index in [-0.39, 0.29) is 11.8 Å². The second kappa shape index (κ2) is 10.6. The molecule has 0 aliphatic rings. The van der Waals surface area contributed by atoms with Gasteiger partial charge in [0.2, 0.25) is 0 Å². The van der Waals surface area contributed by atoms with Crippen LogP contribution in [-0.4, -0.2) is 29.7 Å². The Balaban J connectivity index is 1.34. The molecule has 0 aliphatic heterocycles. The van der Waals surface area contributed by atoms with Gasteiger partial charge in [-0.1, -0.05) is 41.6 Å². The number of fused-ring (bicyclic) bond motifs is 1. The Morgan fingerprint density at radius 2 is 1.84 bits per heavy atom. The van der Waals surface area contributed by atoms with Crippen molar-refractivity contribution in [3.8, 4) is 11.5 Å². The van der Waals surface area contributed by atoms with Crippen LogP contribution in [0.4, 0.5) is 0 Å². The van der Waals surface area contributed by atoms with Gasteiger partial charge in [-0.05, 0) is 61.4 Å². The second-order valence-corrected chi connectivity index (χ2v) is 8.94. The summed E-state index contributed by atoms with van der Waals surface area (Å²) < 4.78 is 16.5. The van der Waals surface area contributed by atoms with E-state index in [2.05, 4.69) is 27.6 Å². The molecule has 5 rings (SSSR count). The number of methoxy groups -OCH3 is 1. The first-order valence-corrected chi connectivity index (χ1v) is 12.2. The Bertz CT molecular complexity index is 1500. The normalized spacial score (nSPS) is 11.9. The number of benzene rings is 3. The number of nitrogens with zero attached hydrogens (tertiary/aromatic N) is 1. The molecule has 2 heterocycles. The lowest BCUT2D eigenvalue weighted by Crippen LogP contribution is -2.28. The molecular formula is C30H29N3O4. The zero-order valence-electron chi connectivity index (χ0n) is 21.1. The second-order valence-electron chi connectivity index (χ2n) is 8.94. The first kappa shape index (κ1) is 24.2. The van der Waals surface area contributed by atoms with Crippen LogP contribution in [0.15, 0.2) is 83.5 Å². The molecule has 5 aromatic rings. The average Bonchev–Trinajstić information content (AvgIpc) is 3.50. The van der Waals surface area contributed by atoms with Crippen molar-refractivity contribution in [3.05, 3.63) is 113 Å². The first-order valence-electron chi connectivity index (χ1n) is 12.2. The van der Waals surface area contributed by atoms with Crippen LogP contribution in [0.2, 0.25) is 0 Å². The summed E-state index contributed by atoms with van der Waals surface area (Å²) in [5.74, 6) is 1.91. The van der Waals surface area contributed by atoms with Crippen LogP contribution in [0.3, 0.4) is 0 Å². The Morgan fingerprint density at radius 3 is 2.59 bits per heavy atom. The van der Waals surface area contributed by atoms with Crippen molar-refractivity contribution in [2.75, 3.05) is 13.7 Å². The fourth-order valence-electron chi connectivity index (χ4n) is 4.51. The fraction of sp³-hybridized carbons (Fsp3) is 0.200. The molecule has 1 unspecified atom stereocenters. The lowest BCUT2D eigenvalue weighted by molar-refractivity contribution is 0.0952. The third-order valence-electron chi connectivity index (χ3n) is 6.64. The molecule has 1 amide bonds. The van der Waals surface area contributed by atoms with Gasteiger partial charge in [-0.3, -0.25) is 4.79 Å². The standard InChI is InChI=1S/C30H29N3O4/c1-19-28(20(2)37-33-19)18-36-24-8-6-7-22(15-24)30(34)32-16-26(21-11-13-23(35-3)14-12-21)27-17-31-29-10-5-4-9-25(27)29/h4-15,17,26,31H,16,18H2,1-3H3,(H,32,34). The third kappa shape index (κ3) is 5.21. The van der Waals surface area contributed by atoms with E-state index in [0.717, 1.165) is 44.8 Å². The van der Waals surface area contributed by atoms with Crippen LogP contribution >= 0.6 is 0 Å². The number of amides is 1. The first-order chi connectivity index (χ1) is 18.0. The highest BCUT2D eigenvalue weighted by Crippen LogP contribution is 2.31. The Morgan fingerprint density at radius 1 is 1.03 bits per heavy atom. The van der Waals surface area contributed by atoms with Crippen molar-refractivity contribution in [1.82, 2.24) is 15.5 Å². The summed E-state index contributed by atoms with van der Waals surface area (Å²) >= 11 is 0. The Hall–Kier alpha value is -4.52. The molecule has 188 valence electrons.